The van der Waals surface area contributed by atoms with Crippen LogP contribution in [0.4, 0.5) is 5.13 Å². The molecule has 10 heteroatoms. The van der Waals surface area contributed by atoms with Crippen LogP contribution in [0.15, 0.2) is 34.2 Å². The second-order valence-corrected chi connectivity index (χ2v) is 7.89. The van der Waals surface area contributed by atoms with Gasteiger partial charge in [0.2, 0.25) is 5.13 Å². The number of thioether (sulfide) groups is 1. The number of ether oxygens (including phenoxy) is 1. The molecule has 0 saturated carbocycles. The van der Waals surface area contributed by atoms with Crippen LogP contribution in [0.3, 0.4) is 0 Å². The van der Waals surface area contributed by atoms with Gasteiger partial charge in [0.1, 0.15) is 10.8 Å². The van der Waals surface area contributed by atoms with Gasteiger partial charge in [-0.15, -0.1) is 10.2 Å². The molecule has 1 N–H and O–H groups in total. The molecule has 0 aliphatic carbocycles. The van der Waals surface area contributed by atoms with Crippen molar-refractivity contribution in [2.24, 2.45) is 4.99 Å². The Kier molecular flexibility index (Phi) is 6.42. The molecule has 1 amide bonds. The summed E-state index contributed by atoms with van der Waals surface area (Å²) in [6.07, 6.45) is 1.74. The molecule has 1 aromatic heterocycles. The summed E-state index contributed by atoms with van der Waals surface area (Å²) in [5, 5.41) is 18.5. The quantitative estimate of drug-likeness (QED) is 0.688. The van der Waals surface area contributed by atoms with Gasteiger partial charge in [-0.3, -0.25) is 14.5 Å². The van der Waals surface area contributed by atoms with Crippen molar-refractivity contribution < 1.29 is 19.4 Å². The van der Waals surface area contributed by atoms with E-state index in [1.165, 1.54) is 23.1 Å². The number of aliphatic carboxylic acids is 1. The first-order valence-corrected chi connectivity index (χ1v) is 10.1. The van der Waals surface area contributed by atoms with Crippen LogP contribution >= 0.6 is 23.1 Å². The van der Waals surface area contributed by atoms with Crippen molar-refractivity contribution in [2.45, 2.75) is 20.3 Å². The van der Waals surface area contributed by atoms with Crippen LogP contribution in [0.5, 0.6) is 5.75 Å². The van der Waals surface area contributed by atoms with Gasteiger partial charge in [-0.2, -0.15) is 4.99 Å². The number of aromatic nitrogens is 2. The fourth-order valence-electron chi connectivity index (χ4n) is 2.35. The number of nitrogens with zero attached hydrogens (tertiary/aromatic N) is 4. The van der Waals surface area contributed by atoms with E-state index >= 15 is 0 Å². The Hall–Kier alpha value is -2.72. The number of amidine groups is 1. The number of carboxylic acids is 1. The molecule has 8 nitrogen and oxygen atoms in total. The average Bonchev–Trinajstić information content (AvgIpc) is 3.19. The maximum atomic E-state index is 12.7. The SMILES string of the molecule is CCN1C(=O)/C(=C\c2ccc(OCCC(=O)O)cc2)S/C1=N/c1nnc(C)s1. The molecule has 1 aliphatic heterocycles. The van der Waals surface area contributed by atoms with Crippen molar-refractivity contribution in [1.29, 1.82) is 0 Å². The molecule has 28 heavy (non-hydrogen) atoms. The highest BCUT2D eigenvalue weighted by Gasteiger charge is 2.32. The lowest BCUT2D eigenvalue weighted by atomic mass is 10.2. The number of amides is 1. The highest BCUT2D eigenvalue weighted by Crippen LogP contribution is 2.34. The van der Waals surface area contributed by atoms with Gasteiger partial charge < -0.3 is 9.84 Å². The maximum absolute atomic E-state index is 12.7. The van der Waals surface area contributed by atoms with Crippen molar-refractivity contribution in [3.63, 3.8) is 0 Å². The van der Waals surface area contributed by atoms with Crippen LogP contribution in [0.25, 0.3) is 6.08 Å². The topological polar surface area (TPSA) is 105 Å². The Labute approximate surface area is 169 Å². The highest BCUT2D eigenvalue weighted by molar-refractivity contribution is 8.18. The molecule has 1 saturated heterocycles. The number of benzene rings is 1. The number of carbonyl (C=O) groups is 2. The van der Waals surface area contributed by atoms with Gasteiger partial charge in [-0.25, -0.2) is 0 Å². The first-order chi connectivity index (χ1) is 13.5. The van der Waals surface area contributed by atoms with Crippen LogP contribution in [-0.4, -0.2) is 50.4 Å². The molecule has 146 valence electrons. The minimum atomic E-state index is -0.903. The van der Waals surface area contributed by atoms with Gasteiger partial charge in [0.05, 0.1) is 17.9 Å². The Bertz CT molecular complexity index is 937. The van der Waals surface area contributed by atoms with Crippen molar-refractivity contribution in [3.8, 4) is 5.75 Å². The van der Waals surface area contributed by atoms with Crippen molar-refractivity contribution in [1.82, 2.24) is 15.1 Å². The summed E-state index contributed by atoms with van der Waals surface area (Å²) < 4.78 is 5.37. The Morgan fingerprint density at radius 1 is 1.32 bits per heavy atom. The van der Waals surface area contributed by atoms with Crippen molar-refractivity contribution in [2.75, 3.05) is 13.2 Å². The Morgan fingerprint density at radius 3 is 2.68 bits per heavy atom. The van der Waals surface area contributed by atoms with Crippen LogP contribution in [0, 0.1) is 6.92 Å². The molecule has 0 bridgehead atoms. The van der Waals surface area contributed by atoms with E-state index < -0.39 is 5.97 Å². The van der Waals surface area contributed by atoms with E-state index in [2.05, 4.69) is 15.2 Å². The van der Waals surface area contributed by atoms with Gasteiger partial charge in [-0.1, -0.05) is 23.5 Å². The molecule has 2 aromatic rings. The standard InChI is InChI=1S/C18H18N4O4S2/c1-3-22-16(25)14(28-18(22)19-17-21-20-11(2)27-17)10-12-4-6-13(7-5-12)26-9-8-15(23)24/h4-7,10H,3,8-9H2,1-2H3,(H,23,24)/b14-10+,19-18+. The van der Waals surface area contributed by atoms with Crippen molar-refractivity contribution in [3.05, 3.63) is 39.7 Å². The number of hydrogen-bond donors (Lipinski definition) is 1. The summed E-state index contributed by atoms with van der Waals surface area (Å²) in [5.41, 5.74) is 0.838. The lowest BCUT2D eigenvalue weighted by molar-refractivity contribution is -0.137. The molecule has 0 unspecified atom stereocenters. The van der Waals surface area contributed by atoms with Gasteiger partial charge in [-0.05, 0) is 49.4 Å². The summed E-state index contributed by atoms with van der Waals surface area (Å²) in [7, 11) is 0. The number of rotatable bonds is 7. The molecular formula is C18H18N4O4S2. The van der Waals surface area contributed by atoms with E-state index in [1.807, 2.05) is 26.0 Å². The fraction of sp³-hybridized carbons (Fsp3) is 0.278. The zero-order valence-corrected chi connectivity index (χ0v) is 16.9. The molecule has 3 rings (SSSR count). The number of aliphatic imine (C=N–C) groups is 1. The zero-order valence-electron chi connectivity index (χ0n) is 15.3. The van der Waals surface area contributed by atoms with E-state index in [9.17, 15) is 9.59 Å². The summed E-state index contributed by atoms with van der Waals surface area (Å²) in [4.78, 5) is 29.8. The van der Waals surface area contributed by atoms with Gasteiger partial charge >= 0.3 is 5.97 Å². The second kappa shape index (κ2) is 8.98. The molecule has 2 heterocycles. The molecule has 1 aliphatic rings. The fourth-order valence-corrected chi connectivity index (χ4v) is 4.01. The van der Waals surface area contributed by atoms with Gasteiger partial charge in [0.15, 0.2) is 5.17 Å². The summed E-state index contributed by atoms with van der Waals surface area (Å²) in [6, 6.07) is 7.12. The van der Waals surface area contributed by atoms with E-state index in [-0.39, 0.29) is 18.9 Å². The van der Waals surface area contributed by atoms with Gasteiger partial charge in [0, 0.05) is 6.54 Å². The summed E-state index contributed by atoms with van der Waals surface area (Å²) >= 11 is 2.67. The van der Waals surface area contributed by atoms with E-state index in [1.54, 1.807) is 23.1 Å². The maximum Gasteiger partial charge on any atom is 0.306 e. The molecule has 0 radical (unpaired) electrons. The van der Waals surface area contributed by atoms with Gasteiger partial charge in [0.25, 0.3) is 5.91 Å². The molecule has 1 fully saturated rings. The average molecular weight is 419 g/mol. The largest absolute Gasteiger partial charge is 0.493 e. The number of hydrogen-bond acceptors (Lipinski definition) is 8. The predicted octanol–water partition coefficient (Wildman–Crippen LogP) is 3.32. The third kappa shape index (κ3) is 4.96. The minimum absolute atomic E-state index is 0.0555. The second-order valence-electron chi connectivity index (χ2n) is 5.72. The Morgan fingerprint density at radius 2 is 2.07 bits per heavy atom. The van der Waals surface area contributed by atoms with Crippen molar-refractivity contribution >= 4 is 51.4 Å². The normalized spacial score (nSPS) is 16.9. The molecular weight excluding hydrogens is 400 g/mol. The first-order valence-electron chi connectivity index (χ1n) is 8.51. The molecule has 1 aromatic carbocycles. The van der Waals surface area contributed by atoms with Crippen LogP contribution in [-0.2, 0) is 9.59 Å². The smallest absolute Gasteiger partial charge is 0.306 e. The minimum Gasteiger partial charge on any atom is -0.493 e. The summed E-state index contributed by atoms with van der Waals surface area (Å²) in [6.45, 7) is 4.37. The highest BCUT2D eigenvalue weighted by atomic mass is 32.2. The van der Waals surface area contributed by atoms with E-state index in [0.29, 0.717) is 27.5 Å². The lowest BCUT2D eigenvalue weighted by Crippen LogP contribution is -2.28. The number of carbonyl (C=O) groups excluding carboxylic acids is 1. The third-order valence-corrected chi connectivity index (χ3v) is 5.41. The number of likely N-dealkylation sites (N-methyl/N-ethyl adjacent to an activating group) is 1. The van der Waals surface area contributed by atoms with Crippen LogP contribution in [0.2, 0.25) is 0 Å². The molecule has 0 spiro atoms. The number of carboxylic acid groups (broad SMARTS) is 1. The number of aryl methyl sites for hydroxylation is 1. The predicted molar refractivity (Wildman–Crippen MR) is 109 cm³/mol. The zero-order chi connectivity index (χ0) is 20.1. The first kappa shape index (κ1) is 20.0. The molecule has 0 atom stereocenters. The van der Waals surface area contributed by atoms with E-state index in [0.717, 1.165) is 10.6 Å². The monoisotopic (exact) mass is 418 g/mol. The Balaban J connectivity index is 1.73. The lowest BCUT2D eigenvalue weighted by Gasteiger charge is -2.11. The third-order valence-electron chi connectivity index (χ3n) is 3.67. The summed E-state index contributed by atoms with van der Waals surface area (Å²) in [5.74, 6) is -0.424. The van der Waals surface area contributed by atoms with Crippen LogP contribution in [0.1, 0.15) is 23.9 Å². The van der Waals surface area contributed by atoms with E-state index in [4.69, 9.17) is 9.84 Å². The van der Waals surface area contributed by atoms with Crippen LogP contribution < -0.4 is 4.74 Å².